The third-order valence-corrected chi connectivity index (χ3v) is 6.17. The molecule has 1 atom stereocenters. The van der Waals surface area contributed by atoms with Crippen molar-refractivity contribution in [2.75, 3.05) is 25.0 Å². The lowest BCUT2D eigenvalue weighted by Crippen LogP contribution is -2.52. The number of anilines is 1. The van der Waals surface area contributed by atoms with Gasteiger partial charge < -0.3 is 21.3 Å². The summed E-state index contributed by atoms with van der Waals surface area (Å²) in [5.41, 5.74) is 6.76. The van der Waals surface area contributed by atoms with Gasteiger partial charge in [-0.15, -0.1) is 0 Å². The molecule has 2 aromatic rings. The number of carbonyl (C=O) groups excluding carboxylic acids is 2. The Morgan fingerprint density at radius 3 is 2.53 bits per heavy atom. The van der Waals surface area contributed by atoms with E-state index in [1.165, 1.54) is 6.07 Å². The van der Waals surface area contributed by atoms with E-state index in [0.29, 0.717) is 42.2 Å². The minimum Gasteiger partial charge on any atom is -0.354 e. The topological polar surface area (TPSA) is 100 Å². The number of carbonyl (C=O) groups is 2. The second kappa shape index (κ2) is 10.3. The highest BCUT2D eigenvalue weighted by atomic mass is 35.5. The first kappa shape index (κ1) is 23.9. The van der Waals surface area contributed by atoms with E-state index in [0.717, 1.165) is 0 Å². The monoisotopic (exact) mass is 461 g/mol. The maximum Gasteiger partial charge on any atom is 0.321 e. The standard InChI is InChI=1S/C23H29ClFN5O2/c1-23(2,18-4-3-16(24)13-19(18)25)14-28-21(31)20(26)15-7-11-30(12-8-15)22(32)29-17-5-9-27-10-6-17/h3-6,9-10,13,15,20H,7-8,11-12,14,26H2,1-2H3,(H,28,31)(H,27,29,32). The number of urea groups is 1. The molecule has 0 radical (unpaired) electrons. The summed E-state index contributed by atoms with van der Waals surface area (Å²) >= 11 is 5.84. The second-order valence-corrected chi connectivity index (χ2v) is 9.18. The molecule has 7 nitrogen and oxygen atoms in total. The maximum absolute atomic E-state index is 14.3. The summed E-state index contributed by atoms with van der Waals surface area (Å²) in [7, 11) is 0. The molecule has 9 heteroatoms. The van der Waals surface area contributed by atoms with Crippen molar-refractivity contribution in [1.82, 2.24) is 15.2 Å². The Hall–Kier alpha value is -2.71. The first-order valence-corrected chi connectivity index (χ1v) is 11.0. The number of hydrogen-bond acceptors (Lipinski definition) is 4. The minimum absolute atomic E-state index is 0.0321. The molecule has 1 unspecified atom stereocenters. The first-order valence-electron chi connectivity index (χ1n) is 10.6. The molecule has 3 rings (SSSR count). The molecule has 1 saturated heterocycles. The molecule has 0 aliphatic carbocycles. The summed E-state index contributed by atoms with van der Waals surface area (Å²) in [6.45, 7) is 4.98. The Balaban J connectivity index is 1.48. The summed E-state index contributed by atoms with van der Waals surface area (Å²) in [4.78, 5) is 30.7. The Kier molecular flexibility index (Phi) is 7.69. The SMILES string of the molecule is CC(C)(CNC(=O)C(N)C1CCN(C(=O)Nc2ccncc2)CC1)c1ccc(Cl)cc1F. The van der Waals surface area contributed by atoms with Crippen LogP contribution in [0.15, 0.2) is 42.7 Å². The predicted octanol–water partition coefficient (Wildman–Crippen LogP) is 3.54. The van der Waals surface area contributed by atoms with Crippen LogP contribution in [0.2, 0.25) is 5.02 Å². The van der Waals surface area contributed by atoms with E-state index in [2.05, 4.69) is 15.6 Å². The summed E-state index contributed by atoms with van der Waals surface area (Å²) in [5.74, 6) is -0.707. The molecule has 1 aliphatic heterocycles. The van der Waals surface area contributed by atoms with Crippen LogP contribution in [0.3, 0.4) is 0 Å². The van der Waals surface area contributed by atoms with Crippen molar-refractivity contribution >= 4 is 29.2 Å². The highest BCUT2D eigenvalue weighted by Gasteiger charge is 2.32. The lowest BCUT2D eigenvalue weighted by atomic mass is 9.83. The zero-order chi connectivity index (χ0) is 23.3. The van der Waals surface area contributed by atoms with Crippen LogP contribution in [0.5, 0.6) is 0 Å². The van der Waals surface area contributed by atoms with Crippen molar-refractivity contribution in [2.45, 2.75) is 38.1 Å². The van der Waals surface area contributed by atoms with Gasteiger partial charge in [-0.2, -0.15) is 0 Å². The number of halogens is 2. The molecular formula is C23H29ClFN5O2. The molecule has 1 aliphatic rings. The average Bonchev–Trinajstić information content (AvgIpc) is 2.77. The molecule has 0 bridgehead atoms. The van der Waals surface area contributed by atoms with Crippen LogP contribution in [0.4, 0.5) is 14.9 Å². The molecule has 2 heterocycles. The number of rotatable bonds is 6. The van der Waals surface area contributed by atoms with Crippen molar-refractivity contribution < 1.29 is 14.0 Å². The third-order valence-electron chi connectivity index (χ3n) is 5.93. The molecule has 1 aromatic carbocycles. The normalized spacial score (nSPS) is 15.8. The van der Waals surface area contributed by atoms with Gasteiger partial charge in [0.25, 0.3) is 0 Å². The zero-order valence-corrected chi connectivity index (χ0v) is 19.0. The van der Waals surface area contributed by atoms with Gasteiger partial charge in [0.1, 0.15) is 5.82 Å². The van der Waals surface area contributed by atoms with E-state index in [-0.39, 0.29) is 24.4 Å². The summed E-state index contributed by atoms with van der Waals surface area (Å²) < 4.78 is 14.3. The number of pyridine rings is 1. The van der Waals surface area contributed by atoms with E-state index < -0.39 is 17.3 Å². The van der Waals surface area contributed by atoms with Crippen molar-refractivity contribution in [3.05, 3.63) is 59.1 Å². The van der Waals surface area contributed by atoms with Gasteiger partial charge in [-0.3, -0.25) is 9.78 Å². The quantitative estimate of drug-likeness (QED) is 0.612. The van der Waals surface area contributed by atoms with Gasteiger partial charge in [0.2, 0.25) is 5.91 Å². The van der Waals surface area contributed by atoms with Crippen molar-refractivity contribution in [1.29, 1.82) is 0 Å². The number of piperidine rings is 1. The van der Waals surface area contributed by atoms with Gasteiger partial charge in [0.05, 0.1) is 6.04 Å². The number of hydrogen-bond donors (Lipinski definition) is 3. The van der Waals surface area contributed by atoms with Gasteiger partial charge in [-0.1, -0.05) is 31.5 Å². The number of nitrogens with zero attached hydrogens (tertiary/aromatic N) is 2. The zero-order valence-electron chi connectivity index (χ0n) is 18.3. The highest BCUT2D eigenvalue weighted by molar-refractivity contribution is 6.30. The summed E-state index contributed by atoms with van der Waals surface area (Å²) in [5, 5.41) is 6.03. The van der Waals surface area contributed by atoms with Crippen LogP contribution in [0, 0.1) is 11.7 Å². The van der Waals surface area contributed by atoms with Crippen molar-refractivity contribution in [3.63, 3.8) is 0 Å². The molecular weight excluding hydrogens is 433 g/mol. The average molecular weight is 462 g/mol. The lowest BCUT2D eigenvalue weighted by molar-refractivity contribution is -0.124. The van der Waals surface area contributed by atoms with Gasteiger partial charge >= 0.3 is 6.03 Å². The van der Waals surface area contributed by atoms with Gasteiger partial charge in [-0.05, 0) is 48.6 Å². The summed E-state index contributed by atoms with van der Waals surface area (Å²) in [6, 6.07) is 7.12. The molecule has 32 heavy (non-hydrogen) atoms. The lowest BCUT2D eigenvalue weighted by Gasteiger charge is -2.34. The van der Waals surface area contributed by atoms with Gasteiger partial charge in [-0.25, -0.2) is 9.18 Å². The Bertz CT molecular complexity index is 949. The smallest absolute Gasteiger partial charge is 0.321 e. The number of amides is 3. The summed E-state index contributed by atoms with van der Waals surface area (Å²) in [6.07, 6.45) is 4.49. The van der Waals surface area contributed by atoms with E-state index in [9.17, 15) is 14.0 Å². The fourth-order valence-corrected chi connectivity index (χ4v) is 4.03. The maximum atomic E-state index is 14.3. The number of likely N-dealkylation sites (tertiary alicyclic amines) is 1. The number of nitrogens with one attached hydrogen (secondary N) is 2. The van der Waals surface area contributed by atoms with Gasteiger partial charge in [0, 0.05) is 48.2 Å². The molecule has 172 valence electrons. The minimum atomic E-state index is -0.689. The van der Waals surface area contributed by atoms with Crippen LogP contribution in [0.25, 0.3) is 0 Å². The molecule has 3 amide bonds. The molecule has 1 aromatic heterocycles. The Labute approximate surface area is 192 Å². The van der Waals surface area contributed by atoms with E-state index >= 15 is 0 Å². The Morgan fingerprint density at radius 2 is 1.91 bits per heavy atom. The van der Waals surface area contributed by atoms with Crippen molar-refractivity contribution in [2.24, 2.45) is 11.7 Å². The Morgan fingerprint density at radius 1 is 1.25 bits per heavy atom. The second-order valence-electron chi connectivity index (χ2n) is 8.74. The number of aromatic nitrogens is 1. The molecule has 4 N–H and O–H groups in total. The van der Waals surface area contributed by atoms with Gasteiger partial charge in [0.15, 0.2) is 0 Å². The fraction of sp³-hybridized carbons (Fsp3) is 0.435. The van der Waals surface area contributed by atoms with Crippen LogP contribution in [0.1, 0.15) is 32.3 Å². The van der Waals surface area contributed by atoms with Crippen LogP contribution >= 0.6 is 11.6 Å². The largest absolute Gasteiger partial charge is 0.354 e. The van der Waals surface area contributed by atoms with E-state index in [1.807, 2.05) is 13.8 Å². The third kappa shape index (κ3) is 5.95. The van der Waals surface area contributed by atoms with E-state index in [4.69, 9.17) is 17.3 Å². The fourth-order valence-electron chi connectivity index (χ4n) is 3.87. The van der Waals surface area contributed by atoms with Crippen LogP contribution in [-0.2, 0) is 10.2 Å². The molecule has 1 fully saturated rings. The highest BCUT2D eigenvalue weighted by Crippen LogP contribution is 2.27. The van der Waals surface area contributed by atoms with Crippen LogP contribution in [-0.4, -0.2) is 47.5 Å². The number of benzene rings is 1. The molecule has 0 saturated carbocycles. The predicted molar refractivity (Wildman–Crippen MR) is 123 cm³/mol. The van der Waals surface area contributed by atoms with Crippen LogP contribution < -0.4 is 16.4 Å². The number of nitrogens with two attached hydrogens (primary N) is 1. The van der Waals surface area contributed by atoms with Crippen molar-refractivity contribution in [3.8, 4) is 0 Å². The molecule has 0 spiro atoms. The first-order chi connectivity index (χ1) is 15.2. The van der Waals surface area contributed by atoms with E-state index in [1.54, 1.807) is 41.6 Å².